The summed E-state index contributed by atoms with van der Waals surface area (Å²) >= 11 is 0. The van der Waals surface area contributed by atoms with E-state index in [1.165, 1.54) is 89.9 Å². The van der Waals surface area contributed by atoms with Crippen LogP contribution in [0, 0.1) is 0 Å². The molecule has 0 saturated heterocycles. The molecule has 384 valence electrons. The third-order valence-corrected chi connectivity index (χ3v) is 12.9. The van der Waals surface area contributed by atoms with Gasteiger partial charge in [-0.3, -0.25) is 18.6 Å². The van der Waals surface area contributed by atoms with Crippen LogP contribution in [-0.2, 0) is 32.7 Å². The van der Waals surface area contributed by atoms with Crippen molar-refractivity contribution in [2.75, 3.05) is 13.2 Å². The fraction of sp³-hybridized carbons (Fsp3) is 0.808. The van der Waals surface area contributed by atoms with Crippen molar-refractivity contribution in [2.24, 2.45) is 0 Å². The summed E-state index contributed by atoms with van der Waals surface area (Å²) in [5, 5.41) is 50.3. The number of phosphoric acid groups is 1. The summed E-state index contributed by atoms with van der Waals surface area (Å²) in [4.78, 5) is 35.8. The number of phosphoric ester groups is 1. The molecule has 6 N–H and O–H groups in total. The Morgan fingerprint density at radius 2 is 0.864 bits per heavy atom. The van der Waals surface area contributed by atoms with Crippen LogP contribution in [0.25, 0.3) is 0 Å². The van der Waals surface area contributed by atoms with E-state index in [2.05, 4.69) is 62.5 Å². The van der Waals surface area contributed by atoms with Crippen molar-refractivity contribution < 1.29 is 63.1 Å². The molecule has 66 heavy (non-hydrogen) atoms. The molecule has 1 aliphatic rings. The van der Waals surface area contributed by atoms with Gasteiger partial charge in [0.05, 0.1) is 6.61 Å². The van der Waals surface area contributed by atoms with E-state index in [1.54, 1.807) is 0 Å². The molecule has 1 saturated carbocycles. The molecule has 0 spiro atoms. The monoisotopic (exact) mass is 957 g/mol. The van der Waals surface area contributed by atoms with E-state index in [1.807, 2.05) is 0 Å². The number of aliphatic hydroxyl groups excluding tert-OH is 5. The minimum Gasteiger partial charge on any atom is -0.462 e. The van der Waals surface area contributed by atoms with Crippen LogP contribution in [0.3, 0.4) is 0 Å². The smallest absolute Gasteiger partial charge is 0.462 e. The number of rotatable bonds is 43. The van der Waals surface area contributed by atoms with Gasteiger partial charge in [0, 0.05) is 12.8 Å². The fourth-order valence-corrected chi connectivity index (χ4v) is 8.78. The fourth-order valence-electron chi connectivity index (χ4n) is 7.81. The molecule has 6 unspecified atom stereocenters. The van der Waals surface area contributed by atoms with Gasteiger partial charge in [0.15, 0.2) is 6.10 Å². The van der Waals surface area contributed by atoms with Gasteiger partial charge in [-0.2, -0.15) is 0 Å². The maximum Gasteiger partial charge on any atom is 0.472 e. The molecule has 0 radical (unpaired) electrons. The van der Waals surface area contributed by atoms with Gasteiger partial charge in [-0.05, 0) is 51.4 Å². The van der Waals surface area contributed by atoms with Gasteiger partial charge in [0.25, 0.3) is 0 Å². The van der Waals surface area contributed by atoms with Gasteiger partial charge >= 0.3 is 19.8 Å². The molecule has 0 amide bonds. The van der Waals surface area contributed by atoms with Crippen LogP contribution in [0.15, 0.2) is 48.6 Å². The minimum atomic E-state index is -5.12. The lowest BCUT2D eigenvalue weighted by atomic mass is 9.85. The van der Waals surface area contributed by atoms with Crippen molar-refractivity contribution in [3.63, 3.8) is 0 Å². The molecule has 0 aromatic rings. The molecule has 1 fully saturated rings. The van der Waals surface area contributed by atoms with Crippen molar-refractivity contribution >= 4 is 19.8 Å². The van der Waals surface area contributed by atoms with E-state index in [9.17, 15) is 44.6 Å². The number of unbranched alkanes of at least 4 members (excludes halogenated alkanes) is 23. The molecule has 0 aromatic carbocycles. The highest BCUT2D eigenvalue weighted by Gasteiger charge is 2.51. The normalized spacial score (nSPS) is 21.6. The number of hydrogen-bond donors (Lipinski definition) is 6. The van der Waals surface area contributed by atoms with Crippen LogP contribution in [0.5, 0.6) is 0 Å². The first kappa shape index (κ1) is 61.8. The Labute approximate surface area is 399 Å². The van der Waals surface area contributed by atoms with E-state index in [0.29, 0.717) is 12.8 Å². The number of aliphatic hydroxyl groups is 5. The van der Waals surface area contributed by atoms with Crippen LogP contribution in [0.4, 0.5) is 0 Å². The average Bonchev–Trinajstić information content (AvgIpc) is 3.30. The molecule has 0 bridgehead atoms. The Balaban J connectivity index is 2.39. The molecule has 0 aliphatic heterocycles. The van der Waals surface area contributed by atoms with Crippen LogP contribution in [0.1, 0.15) is 213 Å². The first-order chi connectivity index (χ1) is 31.9. The predicted octanol–water partition coefficient (Wildman–Crippen LogP) is 11.1. The average molecular weight is 957 g/mol. The second-order valence-electron chi connectivity index (χ2n) is 18.0. The van der Waals surface area contributed by atoms with Gasteiger partial charge in [-0.1, -0.05) is 197 Å². The second-order valence-corrected chi connectivity index (χ2v) is 19.4. The van der Waals surface area contributed by atoms with Crippen LogP contribution < -0.4 is 0 Å². The number of carbonyl (C=O) groups excluding carboxylic acids is 2. The summed E-state index contributed by atoms with van der Waals surface area (Å²) in [5.74, 6) is -1.10. The summed E-state index contributed by atoms with van der Waals surface area (Å²) < 4.78 is 33.7. The van der Waals surface area contributed by atoms with E-state index in [-0.39, 0.29) is 12.8 Å². The number of allylic oxidation sites excluding steroid dienone is 8. The van der Waals surface area contributed by atoms with Crippen LogP contribution in [-0.4, -0.2) is 98.3 Å². The van der Waals surface area contributed by atoms with E-state index in [0.717, 1.165) is 83.5 Å². The summed E-state index contributed by atoms with van der Waals surface area (Å²) in [5.41, 5.74) is 0. The highest BCUT2D eigenvalue weighted by atomic mass is 31.2. The molecular weight excluding hydrogens is 864 g/mol. The molecular formula is C52H93O13P. The third kappa shape index (κ3) is 33.3. The van der Waals surface area contributed by atoms with E-state index >= 15 is 0 Å². The summed E-state index contributed by atoms with van der Waals surface area (Å²) in [7, 11) is -5.12. The lowest BCUT2D eigenvalue weighted by molar-refractivity contribution is -0.220. The Morgan fingerprint density at radius 1 is 0.485 bits per heavy atom. The van der Waals surface area contributed by atoms with Gasteiger partial charge < -0.3 is 39.9 Å². The minimum absolute atomic E-state index is 0.0877. The first-order valence-corrected chi connectivity index (χ1v) is 27.4. The Kier molecular flexibility index (Phi) is 39.1. The SMILES string of the molecule is CC/C=C\C/C=C\C/C=C\C/C=C\CCCCCCCCCCC(=O)OC(COC(=O)CCCCCCCCCCCCCCCCCC)COP(=O)(O)OC1C(O)C(O)C(O)C(O)C1O. The van der Waals surface area contributed by atoms with Gasteiger partial charge in [0.2, 0.25) is 0 Å². The number of ether oxygens (including phenoxy) is 2. The summed E-state index contributed by atoms with van der Waals surface area (Å²) in [6, 6.07) is 0. The van der Waals surface area contributed by atoms with Crippen molar-refractivity contribution in [1.82, 2.24) is 0 Å². The molecule has 1 aliphatic carbocycles. The third-order valence-electron chi connectivity index (χ3n) is 11.9. The van der Waals surface area contributed by atoms with Gasteiger partial charge in [-0.15, -0.1) is 0 Å². The van der Waals surface area contributed by atoms with Crippen molar-refractivity contribution in [3.8, 4) is 0 Å². The number of hydrogen-bond acceptors (Lipinski definition) is 12. The van der Waals surface area contributed by atoms with Crippen molar-refractivity contribution in [1.29, 1.82) is 0 Å². The van der Waals surface area contributed by atoms with Gasteiger partial charge in [-0.25, -0.2) is 4.57 Å². The molecule has 1 rings (SSSR count). The lowest BCUT2D eigenvalue weighted by Gasteiger charge is -2.41. The maximum absolute atomic E-state index is 12.9. The summed E-state index contributed by atoms with van der Waals surface area (Å²) in [6.45, 7) is 3.21. The topological polar surface area (TPSA) is 210 Å². The number of carbonyl (C=O) groups is 2. The van der Waals surface area contributed by atoms with Gasteiger partial charge in [0.1, 0.15) is 43.2 Å². The molecule has 0 heterocycles. The Bertz CT molecular complexity index is 1340. The van der Waals surface area contributed by atoms with E-state index in [4.69, 9.17) is 18.5 Å². The highest BCUT2D eigenvalue weighted by Crippen LogP contribution is 2.47. The Hall–Kier alpha value is -2.19. The maximum atomic E-state index is 12.9. The van der Waals surface area contributed by atoms with Crippen LogP contribution in [0.2, 0.25) is 0 Å². The zero-order valence-electron chi connectivity index (χ0n) is 41.0. The second kappa shape index (κ2) is 41.8. The zero-order chi connectivity index (χ0) is 48.5. The largest absolute Gasteiger partial charge is 0.472 e. The zero-order valence-corrected chi connectivity index (χ0v) is 41.9. The van der Waals surface area contributed by atoms with Crippen molar-refractivity contribution in [3.05, 3.63) is 48.6 Å². The first-order valence-electron chi connectivity index (χ1n) is 25.9. The van der Waals surface area contributed by atoms with Crippen molar-refractivity contribution in [2.45, 2.75) is 256 Å². The molecule has 13 nitrogen and oxygen atoms in total. The molecule has 0 aromatic heterocycles. The summed E-state index contributed by atoms with van der Waals surface area (Å²) in [6.07, 6.45) is 37.2. The lowest BCUT2D eigenvalue weighted by Crippen LogP contribution is -2.64. The molecule has 14 heteroatoms. The quantitative estimate of drug-likeness (QED) is 0.0146. The van der Waals surface area contributed by atoms with E-state index < -0.39 is 75.7 Å². The standard InChI is InChI=1S/C52H93O13P/c1-3-5-7-9-11-13-15-17-19-21-22-23-24-25-27-29-31-33-35-37-39-41-46(54)64-44(43-63-66(60,61)65-52-50(58)48(56)47(55)49(57)51(52)59)42-62-45(53)40-38-36-34-32-30-28-26-20-18-16-14-12-10-8-6-4-2/h5,7,11,13,17,19,22-23,44,47-52,55-59H,3-4,6,8-10,12,14-16,18,20-21,24-43H2,1-2H3,(H,60,61)/b7-5-,13-11-,19-17-,23-22-. The molecule has 6 atom stereocenters. The Morgan fingerprint density at radius 3 is 1.32 bits per heavy atom. The predicted molar refractivity (Wildman–Crippen MR) is 263 cm³/mol. The number of esters is 2. The van der Waals surface area contributed by atoms with Crippen LogP contribution >= 0.6 is 7.82 Å². The highest BCUT2D eigenvalue weighted by molar-refractivity contribution is 7.47.